The average molecular weight is 568 g/mol. The first-order chi connectivity index (χ1) is 18.8. The minimum Gasteiger partial charge on any atom is -0.496 e. The molecular weight excluding hydrogens is 537 g/mol. The highest BCUT2D eigenvalue weighted by Gasteiger charge is 2.35. The van der Waals surface area contributed by atoms with Crippen molar-refractivity contribution in [1.29, 1.82) is 0 Å². The van der Waals surface area contributed by atoms with Crippen molar-refractivity contribution in [2.75, 3.05) is 12.4 Å². The van der Waals surface area contributed by atoms with E-state index in [4.69, 9.17) is 21.1 Å². The molecule has 1 aliphatic carbocycles. The van der Waals surface area contributed by atoms with Crippen LogP contribution < -0.4 is 10.1 Å². The second-order valence-corrected chi connectivity index (χ2v) is 11.0. The fourth-order valence-corrected chi connectivity index (χ4v) is 4.89. The van der Waals surface area contributed by atoms with Crippen LogP contribution in [-0.2, 0) is 9.53 Å². The van der Waals surface area contributed by atoms with Gasteiger partial charge in [0.25, 0.3) is 5.91 Å². The monoisotopic (exact) mass is 567 g/mol. The van der Waals surface area contributed by atoms with Crippen molar-refractivity contribution < 1.29 is 28.6 Å². The standard InChI is InChI=1S/C30H31ClFN3O5/c1-15-24(18-12-11-17(31)13-20(18)32)25(26(29(37)38)40-30(3,4)5)16(2)33-27(15)35-28(36)22-14-23(39-6)19-9-7-8-10-21(19)34-22/h7-12,14,20,26H,13H2,1-6H3,(H,37,38)(H,33,35,36)/t20-,26+/m1/s1. The van der Waals surface area contributed by atoms with Gasteiger partial charge < -0.3 is 19.9 Å². The molecule has 2 heterocycles. The molecule has 0 spiro atoms. The summed E-state index contributed by atoms with van der Waals surface area (Å²) in [6.07, 6.45) is 0.103. The van der Waals surface area contributed by atoms with E-state index in [1.165, 1.54) is 19.3 Å². The summed E-state index contributed by atoms with van der Waals surface area (Å²) in [5.74, 6) is -1.18. The SMILES string of the molecule is COc1cc(C(=O)Nc2nc(C)c([C@H](OC(C)(C)C)C(=O)O)c(C3=CC=C(Cl)C[C@H]3F)c2C)nc2ccccc12. The number of methoxy groups -OCH3 is 1. The third-order valence-corrected chi connectivity index (χ3v) is 6.71. The fourth-order valence-electron chi connectivity index (χ4n) is 4.69. The van der Waals surface area contributed by atoms with Gasteiger partial charge in [-0.25, -0.2) is 19.2 Å². The van der Waals surface area contributed by atoms with Gasteiger partial charge in [-0.15, -0.1) is 0 Å². The van der Waals surface area contributed by atoms with Crippen LogP contribution >= 0.6 is 11.6 Å². The Morgan fingerprint density at radius 1 is 1.18 bits per heavy atom. The van der Waals surface area contributed by atoms with Gasteiger partial charge in [0.1, 0.15) is 23.4 Å². The number of aliphatic carboxylic acids is 1. The molecule has 40 heavy (non-hydrogen) atoms. The van der Waals surface area contributed by atoms with Crippen molar-refractivity contribution in [3.8, 4) is 5.75 Å². The summed E-state index contributed by atoms with van der Waals surface area (Å²) >= 11 is 6.08. The molecule has 0 saturated carbocycles. The number of anilines is 1. The van der Waals surface area contributed by atoms with Gasteiger partial charge >= 0.3 is 5.97 Å². The third kappa shape index (κ3) is 6.00. The zero-order valence-corrected chi connectivity index (χ0v) is 23.9. The molecule has 8 nitrogen and oxygen atoms in total. The average Bonchev–Trinajstić information content (AvgIpc) is 2.88. The Hall–Kier alpha value is -3.82. The van der Waals surface area contributed by atoms with E-state index in [1.54, 1.807) is 52.8 Å². The number of carbonyl (C=O) groups excluding carboxylic acids is 1. The number of carboxylic acid groups (broad SMARTS) is 1. The van der Waals surface area contributed by atoms with E-state index >= 15 is 4.39 Å². The molecular formula is C30H31ClFN3O5. The highest BCUT2D eigenvalue weighted by molar-refractivity contribution is 6.30. The molecule has 4 rings (SSSR count). The van der Waals surface area contributed by atoms with Gasteiger partial charge in [-0.3, -0.25) is 4.79 Å². The molecule has 0 aliphatic heterocycles. The summed E-state index contributed by atoms with van der Waals surface area (Å²) in [5.41, 5.74) is 1.23. The maximum Gasteiger partial charge on any atom is 0.337 e. The highest BCUT2D eigenvalue weighted by Crippen LogP contribution is 2.41. The number of rotatable bonds is 7. The number of aromatic nitrogens is 2. The molecule has 1 aromatic carbocycles. The summed E-state index contributed by atoms with van der Waals surface area (Å²) in [4.78, 5) is 34.8. The molecule has 1 aliphatic rings. The van der Waals surface area contributed by atoms with Gasteiger partial charge in [0.2, 0.25) is 0 Å². The number of pyridine rings is 2. The van der Waals surface area contributed by atoms with Crippen LogP contribution in [0.1, 0.15) is 66.2 Å². The maximum absolute atomic E-state index is 15.5. The molecule has 2 N–H and O–H groups in total. The quantitative estimate of drug-likeness (QED) is 0.327. The number of nitrogens with zero attached hydrogens (tertiary/aromatic N) is 2. The topological polar surface area (TPSA) is 111 Å². The van der Waals surface area contributed by atoms with Crippen molar-refractivity contribution in [2.45, 2.75) is 58.9 Å². The normalized spacial score (nSPS) is 16.2. The third-order valence-electron chi connectivity index (χ3n) is 6.43. The fraction of sp³-hybridized carbons (Fsp3) is 0.333. The van der Waals surface area contributed by atoms with Gasteiger partial charge in [-0.1, -0.05) is 29.8 Å². The number of hydrogen-bond acceptors (Lipinski definition) is 6. The van der Waals surface area contributed by atoms with Gasteiger partial charge in [-0.05, 0) is 69.5 Å². The molecule has 10 heteroatoms. The first-order valence-electron chi connectivity index (χ1n) is 12.7. The molecule has 0 bridgehead atoms. The number of nitrogens with one attached hydrogen (secondary N) is 1. The number of fused-ring (bicyclic) bond motifs is 1. The number of allylic oxidation sites excluding steroid dienone is 4. The summed E-state index contributed by atoms with van der Waals surface area (Å²) < 4.78 is 26.8. The molecule has 0 fully saturated rings. The minimum atomic E-state index is -1.50. The molecule has 2 atom stereocenters. The Bertz CT molecular complexity index is 1560. The van der Waals surface area contributed by atoms with E-state index in [0.29, 0.717) is 27.4 Å². The number of amides is 1. The van der Waals surface area contributed by atoms with Crippen LogP contribution in [-0.4, -0.2) is 45.8 Å². The van der Waals surface area contributed by atoms with Crippen molar-refractivity contribution in [2.24, 2.45) is 0 Å². The zero-order chi connectivity index (χ0) is 29.4. The van der Waals surface area contributed by atoms with E-state index in [2.05, 4.69) is 15.3 Å². The van der Waals surface area contributed by atoms with E-state index in [-0.39, 0.29) is 34.8 Å². The van der Waals surface area contributed by atoms with Crippen molar-refractivity contribution in [3.05, 3.63) is 75.6 Å². The van der Waals surface area contributed by atoms with Crippen molar-refractivity contribution >= 4 is 45.8 Å². The summed E-state index contributed by atoms with van der Waals surface area (Å²) in [6.45, 7) is 8.46. The molecule has 1 amide bonds. The van der Waals surface area contributed by atoms with E-state index in [9.17, 15) is 14.7 Å². The minimum absolute atomic E-state index is 0.0615. The van der Waals surface area contributed by atoms with E-state index in [0.717, 1.165) is 5.39 Å². The number of aryl methyl sites for hydroxylation is 1. The second kappa shape index (κ2) is 11.3. The van der Waals surface area contributed by atoms with Gasteiger partial charge in [0.15, 0.2) is 6.10 Å². The van der Waals surface area contributed by atoms with Gasteiger partial charge in [0, 0.05) is 34.2 Å². The Labute approximate surface area is 236 Å². The molecule has 0 radical (unpaired) electrons. The number of alkyl halides is 1. The zero-order valence-electron chi connectivity index (χ0n) is 23.1. The van der Waals surface area contributed by atoms with Crippen LogP contribution in [0.3, 0.4) is 0 Å². The first-order valence-corrected chi connectivity index (χ1v) is 13.1. The molecule has 2 aromatic heterocycles. The number of ether oxygens (including phenoxy) is 2. The van der Waals surface area contributed by atoms with E-state index < -0.39 is 29.8 Å². The smallest absolute Gasteiger partial charge is 0.337 e. The van der Waals surface area contributed by atoms with Crippen LogP contribution in [0.5, 0.6) is 5.75 Å². The Morgan fingerprint density at radius 2 is 1.88 bits per heavy atom. The summed E-state index contributed by atoms with van der Waals surface area (Å²) in [5, 5.41) is 14.0. The lowest BCUT2D eigenvalue weighted by Crippen LogP contribution is -2.30. The van der Waals surface area contributed by atoms with Crippen molar-refractivity contribution in [1.82, 2.24) is 9.97 Å². The second-order valence-electron chi connectivity index (χ2n) is 10.5. The van der Waals surface area contributed by atoms with Crippen LogP contribution in [0.15, 0.2) is 47.5 Å². The lowest BCUT2D eigenvalue weighted by atomic mass is 9.86. The lowest BCUT2D eigenvalue weighted by Gasteiger charge is -2.30. The number of para-hydroxylation sites is 1. The summed E-state index contributed by atoms with van der Waals surface area (Å²) in [6, 6.07) is 8.79. The van der Waals surface area contributed by atoms with Gasteiger partial charge in [-0.2, -0.15) is 0 Å². The first kappa shape index (κ1) is 29.2. The predicted octanol–water partition coefficient (Wildman–Crippen LogP) is 6.70. The van der Waals surface area contributed by atoms with Crippen LogP contribution in [0.25, 0.3) is 16.5 Å². The van der Waals surface area contributed by atoms with Crippen LogP contribution in [0, 0.1) is 13.8 Å². The van der Waals surface area contributed by atoms with Crippen LogP contribution in [0.4, 0.5) is 10.2 Å². The number of carboxylic acids is 1. The number of halogens is 2. The number of benzene rings is 1. The molecule has 210 valence electrons. The van der Waals surface area contributed by atoms with Crippen molar-refractivity contribution in [3.63, 3.8) is 0 Å². The van der Waals surface area contributed by atoms with E-state index in [1.807, 2.05) is 12.1 Å². The molecule has 0 unspecified atom stereocenters. The number of hydrogen-bond donors (Lipinski definition) is 2. The molecule has 3 aromatic rings. The number of carbonyl (C=O) groups is 2. The highest BCUT2D eigenvalue weighted by atomic mass is 35.5. The maximum atomic E-state index is 15.5. The van der Waals surface area contributed by atoms with Crippen LogP contribution in [0.2, 0.25) is 0 Å². The Morgan fingerprint density at radius 3 is 2.50 bits per heavy atom. The van der Waals surface area contributed by atoms with Gasteiger partial charge in [0.05, 0.1) is 18.2 Å². The largest absolute Gasteiger partial charge is 0.496 e. The Kier molecular flexibility index (Phi) is 8.28. The summed E-state index contributed by atoms with van der Waals surface area (Å²) in [7, 11) is 1.51. The molecule has 0 saturated heterocycles. The predicted molar refractivity (Wildman–Crippen MR) is 153 cm³/mol. The Balaban J connectivity index is 1.87. The lowest BCUT2D eigenvalue weighted by molar-refractivity contribution is -0.160.